The minimum Gasteiger partial charge on any atom is -0.387 e. The average Bonchev–Trinajstić information content (AvgIpc) is 4.12. The summed E-state index contributed by atoms with van der Waals surface area (Å²) in [5, 5.41) is 29.2. The minimum atomic E-state index is -1.61. The molecule has 5 rings (SSSR count). The summed E-state index contributed by atoms with van der Waals surface area (Å²) in [6, 6.07) is -2.31. The number of nitrogens with zero attached hydrogens (tertiary/aromatic N) is 3. The van der Waals surface area contributed by atoms with Crippen molar-refractivity contribution in [3.8, 4) is 0 Å². The number of nitrogens with one attached hydrogen (secondary N) is 8. The zero-order valence-corrected chi connectivity index (χ0v) is 40.5. The molecule has 8 atom stereocenters. The Hall–Kier alpha value is -6.62. The zero-order chi connectivity index (χ0) is 51.1. The Bertz CT molecular complexity index is 2240. The van der Waals surface area contributed by atoms with Gasteiger partial charge in [-0.2, -0.15) is 0 Å². The van der Waals surface area contributed by atoms with E-state index in [2.05, 4.69) is 42.2 Å². The van der Waals surface area contributed by atoms with Crippen molar-refractivity contribution in [2.24, 2.45) is 5.73 Å². The number of carbonyl (C=O) groups excluding carboxylic acids is 10. The summed E-state index contributed by atoms with van der Waals surface area (Å²) in [5.41, 5.74) is 7.15. The Kier molecular flexibility index (Phi) is 20.0. The fourth-order valence-electron chi connectivity index (χ4n) is 9.08. The van der Waals surface area contributed by atoms with Gasteiger partial charge in [0.2, 0.25) is 59.1 Å². The van der Waals surface area contributed by atoms with Crippen molar-refractivity contribution < 1.29 is 53.1 Å². The molecule has 3 fully saturated rings. The number of benzene rings is 1. The van der Waals surface area contributed by atoms with E-state index < -0.39 is 120 Å². The molecule has 1 aromatic carbocycles. The fourth-order valence-corrected chi connectivity index (χ4v) is 9.08. The number of aromatic amines is 1. The fraction of sp³-hybridized carbons (Fsp3) is 0.617. The number of likely N-dealkylation sites (tertiary alicyclic amines) is 2. The van der Waals surface area contributed by atoms with E-state index in [0.29, 0.717) is 37.8 Å². The SMILES string of the molecule is C[C@@H]1NC(=O)C[C@@H](C(=O)N2CCC[C@H]2C(N)=O)NC(=O)[C@@H](NC(=O)[C@@H]2CCCN2C(=O)CO)CCCCNC(=O)[C@H](C)NC(=O)[C@H](Cc2c[nH]c3ccccc23)NC(=O)C(CCCCN(C)C)NC1=O. The Balaban J connectivity index is 1.45. The van der Waals surface area contributed by atoms with Crippen LogP contribution in [0.25, 0.3) is 10.9 Å². The van der Waals surface area contributed by atoms with Crippen molar-refractivity contribution in [1.82, 2.24) is 56.9 Å². The van der Waals surface area contributed by atoms with Crippen molar-refractivity contribution >= 4 is 70.0 Å². The van der Waals surface area contributed by atoms with Crippen LogP contribution in [-0.4, -0.2) is 179 Å². The first kappa shape index (κ1) is 54.3. The predicted octanol–water partition coefficient (Wildman–Crippen LogP) is -2.46. The highest BCUT2D eigenvalue weighted by Crippen LogP contribution is 2.22. The molecule has 0 spiro atoms. The van der Waals surface area contributed by atoms with Gasteiger partial charge in [-0.3, -0.25) is 47.9 Å². The van der Waals surface area contributed by atoms with Crippen LogP contribution < -0.4 is 43.0 Å². The van der Waals surface area contributed by atoms with E-state index in [1.807, 2.05) is 43.3 Å². The molecule has 0 radical (unpaired) electrons. The van der Waals surface area contributed by atoms with Gasteiger partial charge in [-0.05, 0) is 110 Å². The number of fused-ring (bicyclic) bond motifs is 1. The van der Waals surface area contributed by atoms with Gasteiger partial charge in [0.05, 0.1) is 6.42 Å². The smallest absolute Gasteiger partial charge is 0.248 e. The lowest BCUT2D eigenvalue weighted by atomic mass is 10.0. The molecule has 3 aliphatic rings. The number of aliphatic hydroxyl groups is 1. The van der Waals surface area contributed by atoms with E-state index in [9.17, 15) is 53.1 Å². The molecule has 0 saturated carbocycles. The Morgan fingerprint density at radius 3 is 2.14 bits per heavy atom. The molecular formula is C47H70N12O11. The van der Waals surface area contributed by atoms with Crippen LogP contribution in [-0.2, 0) is 54.4 Å². The van der Waals surface area contributed by atoms with Gasteiger partial charge in [0.15, 0.2) is 0 Å². The lowest BCUT2D eigenvalue weighted by Crippen LogP contribution is -2.59. The highest BCUT2D eigenvalue weighted by molar-refractivity contribution is 5.99. The summed E-state index contributed by atoms with van der Waals surface area (Å²) in [4.78, 5) is 144. The number of para-hydroxylation sites is 1. The maximum atomic E-state index is 14.3. The molecule has 70 heavy (non-hydrogen) atoms. The van der Waals surface area contributed by atoms with E-state index in [1.165, 1.54) is 23.6 Å². The molecule has 0 aliphatic carbocycles. The van der Waals surface area contributed by atoms with Crippen molar-refractivity contribution in [2.75, 3.05) is 46.9 Å². The molecule has 384 valence electrons. The van der Waals surface area contributed by atoms with Gasteiger partial charge < -0.3 is 67.7 Å². The molecular weight excluding hydrogens is 909 g/mol. The average molecular weight is 979 g/mol. The maximum absolute atomic E-state index is 14.3. The van der Waals surface area contributed by atoms with Gasteiger partial charge >= 0.3 is 0 Å². The summed E-state index contributed by atoms with van der Waals surface area (Å²) >= 11 is 0. The Labute approximate surface area is 406 Å². The number of H-pyrrole nitrogens is 1. The first-order chi connectivity index (χ1) is 33.4. The van der Waals surface area contributed by atoms with Crippen molar-refractivity contribution in [3.05, 3.63) is 36.0 Å². The number of unbranched alkanes of at least 4 members (excludes halogenated alkanes) is 1. The molecule has 10 amide bonds. The van der Waals surface area contributed by atoms with Crippen LogP contribution in [0.3, 0.4) is 0 Å². The number of rotatable bonds is 12. The second-order valence-electron chi connectivity index (χ2n) is 18.6. The van der Waals surface area contributed by atoms with Gasteiger partial charge in [0, 0.05) is 43.2 Å². The summed E-state index contributed by atoms with van der Waals surface area (Å²) in [6.07, 6.45) is 4.19. The van der Waals surface area contributed by atoms with Crippen LogP contribution in [0.2, 0.25) is 0 Å². The monoisotopic (exact) mass is 979 g/mol. The number of carbonyl (C=O) groups is 10. The molecule has 23 heteroatoms. The first-order valence-corrected chi connectivity index (χ1v) is 24.2. The molecule has 11 N–H and O–H groups in total. The molecule has 3 saturated heterocycles. The number of hydrogen-bond donors (Lipinski definition) is 10. The van der Waals surface area contributed by atoms with Gasteiger partial charge in [-0.1, -0.05) is 18.2 Å². The lowest BCUT2D eigenvalue weighted by molar-refractivity contribution is -0.143. The Morgan fingerprint density at radius 1 is 0.757 bits per heavy atom. The molecule has 4 heterocycles. The van der Waals surface area contributed by atoms with E-state index in [-0.39, 0.29) is 64.6 Å². The second kappa shape index (κ2) is 25.8. The number of hydrogen-bond acceptors (Lipinski definition) is 12. The third kappa shape index (κ3) is 14.9. The van der Waals surface area contributed by atoms with Crippen molar-refractivity contribution in [1.29, 1.82) is 0 Å². The van der Waals surface area contributed by atoms with Crippen LogP contribution in [0.5, 0.6) is 0 Å². The Morgan fingerprint density at radius 2 is 1.43 bits per heavy atom. The minimum absolute atomic E-state index is 0.0160. The van der Waals surface area contributed by atoms with E-state index in [0.717, 1.165) is 10.9 Å². The highest BCUT2D eigenvalue weighted by atomic mass is 16.3. The predicted molar refractivity (Wildman–Crippen MR) is 255 cm³/mol. The molecule has 2 aromatic rings. The van der Waals surface area contributed by atoms with Crippen LogP contribution in [0, 0.1) is 0 Å². The third-order valence-corrected chi connectivity index (χ3v) is 13.0. The van der Waals surface area contributed by atoms with Crippen molar-refractivity contribution in [3.63, 3.8) is 0 Å². The van der Waals surface area contributed by atoms with E-state index in [4.69, 9.17) is 5.73 Å². The molecule has 0 bridgehead atoms. The molecule has 1 unspecified atom stereocenters. The molecule has 23 nitrogen and oxygen atoms in total. The first-order valence-electron chi connectivity index (χ1n) is 24.2. The largest absolute Gasteiger partial charge is 0.387 e. The molecule has 1 aromatic heterocycles. The van der Waals surface area contributed by atoms with Gasteiger partial charge in [-0.15, -0.1) is 0 Å². The second-order valence-corrected chi connectivity index (χ2v) is 18.6. The van der Waals surface area contributed by atoms with Gasteiger partial charge in [-0.25, -0.2) is 0 Å². The third-order valence-electron chi connectivity index (χ3n) is 13.0. The van der Waals surface area contributed by atoms with Gasteiger partial charge in [0.25, 0.3) is 0 Å². The van der Waals surface area contributed by atoms with Gasteiger partial charge in [0.1, 0.15) is 54.9 Å². The van der Waals surface area contributed by atoms with Crippen LogP contribution in [0.1, 0.15) is 90.0 Å². The zero-order valence-electron chi connectivity index (χ0n) is 40.5. The highest BCUT2D eigenvalue weighted by Gasteiger charge is 2.40. The van der Waals surface area contributed by atoms with Crippen LogP contribution >= 0.6 is 0 Å². The number of primary amides is 1. The lowest BCUT2D eigenvalue weighted by Gasteiger charge is -2.30. The topological polar surface area (TPSA) is 327 Å². The normalized spacial score (nSPS) is 26.1. The summed E-state index contributed by atoms with van der Waals surface area (Å²) in [5.74, 6) is -7.33. The quantitative estimate of drug-likeness (QED) is 0.0991. The summed E-state index contributed by atoms with van der Waals surface area (Å²) < 4.78 is 0. The number of aliphatic hydroxyl groups excluding tert-OH is 1. The van der Waals surface area contributed by atoms with Crippen LogP contribution in [0.15, 0.2) is 30.5 Å². The number of amides is 10. The summed E-state index contributed by atoms with van der Waals surface area (Å²) in [7, 11) is 3.80. The molecule has 3 aliphatic heterocycles. The van der Waals surface area contributed by atoms with E-state index >= 15 is 0 Å². The van der Waals surface area contributed by atoms with Crippen LogP contribution in [0.4, 0.5) is 0 Å². The maximum Gasteiger partial charge on any atom is 0.248 e. The number of aromatic nitrogens is 1. The van der Waals surface area contributed by atoms with Crippen molar-refractivity contribution in [2.45, 2.75) is 139 Å². The summed E-state index contributed by atoms with van der Waals surface area (Å²) in [6.45, 7) is 3.10. The standard InChI is InChI=1S/C47H70N12O11/c1-27-41(64)49-19-9-7-15-33(54-46(69)37-18-12-21-58(37)39(62)26-60)44(67)56-35(47(70)59-22-11-17-36(59)40(48)63)24-38(61)51-28(2)42(65)53-32(16-8-10-20-57(3)4)43(66)55-34(45(68)52-27)23-29-25-50-31-14-6-5-13-30(29)31/h5-6,13-14,25,27-28,32-37,50,60H,7-12,15-24,26H2,1-4H3,(H2,48,63)(H,49,64)(H,51,61)(H,52,68)(H,53,65)(H,54,69)(H,55,66)(H,56,67)/t27-,28-,32?,33-,34-,35-,36-,37-/m0/s1. The number of nitrogens with two attached hydrogens (primary N) is 1. The van der Waals surface area contributed by atoms with E-state index in [1.54, 1.807) is 6.20 Å².